The number of hydrogen-bond donors (Lipinski definition) is 0. The highest BCUT2D eigenvalue weighted by Crippen LogP contribution is 2.17. The lowest BCUT2D eigenvalue weighted by Crippen LogP contribution is -2.40. The fourth-order valence-electron chi connectivity index (χ4n) is 1.71. The molecule has 5 nitrogen and oxygen atoms in total. The number of nitrogens with zero attached hydrogens (tertiary/aromatic N) is 1. The maximum Gasteiger partial charge on any atom is 0.264 e. The second-order valence-corrected chi connectivity index (χ2v) is 5.61. The minimum Gasteiger partial charge on any atom is -0.343 e. The van der Waals surface area contributed by atoms with Crippen LogP contribution in [0.4, 0.5) is 0 Å². The Labute approximate surface area is 90.5 Å². The molecule has 0 spiro atoms. The molecule has 0 aromatic rings. The molecule has 0 saturated carbocycles. The van der Waals surface area contributed by atoms with E-state index in [1.165, 1.54) is 6.92 Å². The van der Waals surface area contributed by atoms with Crippen molar-refractivity contribution in [3.8, 4) is 0 Å². The van der Waals surface area contributed by atoms with Gasteiger partial charge in [0.15, 0.2) is 0 Å². The first-order valence-corrected chi connectivity index (χ1v) is 6.80. The van der Waals surface area contributed by atoms with Gasteiger partial charge in [0.25, 0.3) is 10.1 Å². The first kappa shape index (κ1) is 12.4. The van der Waals surface area contributed by atoms with Gasteiger partial charge in [0.2, 0.25) is 5.91 Å². The number of piperidine rings is 1. The van der Waals surface area contributed by atoms with E-state index in [0.717, 1.165) is 25.6 Å². The predicted molar refractivity (Wildman–Crippen MR) is 55.8 cm³/mol. The van der Waals surface area contributed by atoms with E-state index in [9.17, 15) is 13.2 Å². The summed E-state index contributed by atoms with van der Waals surface area (Å²) in [4.78, 5) is 12.8. The zero-order valence-corrected chi connectivity index (χ0v) is 9.92. The third-order valence-corrected chi connectivity index (χ3v) is 3.05. The Bertz CT molecular complexity index is 325. The van der Waals surface area contributed by atoms with Gasteiger partial charge in [0.1, 0.15) is 0 Å². The molecule has 0 radical (unpaired) electrons. The average Bonchev–Trinajstić information content (AvgIpc) is 2.14. The zero-order chi connectivity index (χ0) is 11.5. The molecule has 0 unspecified atom stereocenters. The van der Waals surface area contributed by atoms with Crippen LogP contribution >= 0.6 is 0 Å². The number of carbonyl (C=O) groups excluding carboxylic acids is 1. The van der Waals surface area contributed by atoms with Crippen LogP contribution in [0.5, 0.6) is 0 Å². The van der Waals surface area contributed by atoms with Gasteiger partial charge in [-0.1, -0.05) is 0 Å². The summed E-state index contributed by atoms with van der Waals surface area (Å²) < 4.78 is 26.3. The second kappa shape index (κ2) is 4.94. The van der Waals surface area contributed by atoms with E-state index in [-0.39, 0.29) is 18.4 Å². The summed E-state index contributed by atoms with van der Waals surface area (Å²) in [6, 6.07) is 0. The minimum absolute atomic E-state index is 0.0408. The van der Waals surface area contributed by atoms with Crippen molar-refractivity contribution in [2.24, 2.45) is 5.92 Å². The SMILES string of the molecule is CC(=O)N1CCC[C@@H](COS(C)(=O)=O)C1. The Morgan fingerprint density at radius 3 is 2.73 bits per heavy atom. The van der Waals surface area contributed by atoms with Gasteiger partial charge in [-0.3, -0.25) is 8.98 Å². The Balaban J connectivity index is 2.40. The van der Waals surface area contributed by atoms with E-state index >= 15 is 0 Å². The van der Waals surface area contributed by atoms with Gasteiger partial charge in [-0.15, -0.1) is 0 Å². The van der Waals surface area contributed by atoms with Crippen LogP contribution in [0.15, 0.2) is 0 Å². The van der Waals surface area contributed by atoms with Crippen LogP contribution in [0, 0.1) is 5.92 Å². The van der Waals surface area contributed by atoms with Crippen LogP contribution in [-0.4, -0.2) is 45.2 Å². The highest BCUT2D eigenvalue weighted by Gasteiger charge is 2.22. The predicted octanol–water partition coefficient (Wildman–Crippen LogP) is 0.221. The number of hydrogen-bond acceptors (Lipinski definition) is 4. The lowest BCUT2D eigenvalue weighted by molar-refractivity contribution is -0.130. The fraction of sp³-hybridized carbons (Fsp3) is 0.889. The fourth-order valence-corrected chi connectivity index (χ4v) is 2.15. The van der Waals surface area contributed by atoms with E-state index in [0.29, 0.717) is 6.54 Å². The van der Waals surface area contributed by atoms with Crippen molar-refractivity contribution in [1.29, 1.82) is 0 Å². The van der Waals surface area contributed by atoms with Gasteiger partial charge >= 0.3 is 0 Å². The maximum atomic E-state index is 11.1. The van der Waals surface area contributed by atoms with E-state index in [1.807, 2.05) is 0 Å². The lowest BCUT2D eigenvalue weighted by Gasteiger charge is -2.31. The van der Waals surface area contributed by atoms with Gasteiger partial charge in [-0.05, 0) is 12.8 Å². The standard InChI is InChI=1S/C9H17NO4S/c1-8(11)10-5-3-4-9(6-10)7-14-15(2,12)13/h9H,3-7H2,1-2H3/t9-/m1/s1. The van der Waals surface area contributed by atoms with Crippen molar-refractivity contribution in [2.75, 3.05) is 26.0 Å². The smallest absolute Gasteiger partial charge is 0.264 e. The molecule has 0 aliphatic carbocycles. The molecular formula is C9H17NO4S. The molecular weight excluding hydrogens is 218 g/mol. The molecule has 1 heterocycles. The Hall–Kier alpha value is -0.620. The van der Waals surface area contributed by atoms with Crippen molar-refractivity contribution in [3.63, 3.8) is 0 Å². The molecule has 1 amide bonds. The first-order chi connectivity index (χ1) is 6.88. The normalized spacial score (nSPS) is 22.8. The molecule has 1 rings (SSSR count). The molecule has 6 heteroatoms. The van der Waals surface area contributed by atoms with Crippen molar-refractivity contribution < 1.29 is 17.4 Å². The van der Waals surface area contributed by atoms with E-state index < -0.39 is 10.1 Å². The molecule has 15 heavy (non-hydrogen) atoms. The van der Waals surface area contributed by atoms with Crippen molar-refractivity contribution in [2.45, 2.75) is 19.8 Å². The molecule has 0 aromatic carbocycles. The summed E-state index contributed by atoms with van der Waals surface area (Å²) in [6.45, 7) is 3.08. The molecule has 1 atom stereocenters. The quantitative estimate of drug-likeness (QED) is 0.656. The third kappa shape index (κ3) is 4.61. The highest BCUT2D eigenvalue weighted by molar-refractivity contribution is 7.85. The van der Waals surface area contributed by atoms with E-state index in [2.05, 4.69) is 0 Å². The van der Waals surface area contributed by atoms with Gasteiger partial charge in [-0.25, -0.2) is 0 Å². The van der Waals surface area contributed by atoms with Crippen molar-refractivity contribution in [1.82, 2.24) is 4.90 Å². The summed E-state index contributed by atoms with van der Waals surface area (Å²) >= 11 is 0. The molecule has 1 aliphatic rings. The zero-order valence-electron chi connectivity index (χ0n) is 9.10. The Morgan fingerprint density at radius 1 is 1.53 bits per heavy atom. The topological polar surface area (TPSA) is 63.7 Å². The second-order valence-electron chi connectivity index (χ2n) is 3.96. The van der Waals surface area contributed by atoms with Crippen LogP contribution in [0.2, 0.25) is 0 Å². The highest BCUT2D eigenvalue weighted by atomic mass is 32.2. The van der Waals surface area contributed by atoms with Crippen LogP contribution in [0.1, 0.15) is 19.8 Å². The molecule has 0 N–H and O–H groups in total. The van der Waals surface area contributed by atoms with Gasteiger partial charge in [0.05, 0.1) is 12.9 Å². The maximum absolute atomic E-state index is 11.1. The third-order valence-electron chi connectivity index (χ3n) is 2.48. The van der Waals surface area contributed by atoms with Gasteiger partial charge < -0.3 is 4.90 Å². The van der Waals surface area contributed by atoms with Crippen LogP contribution in [0.25, 0.3) is 0 Å². The first-order valence-electron chi connectivity index (χ1n) is 4.98. The summed E-state index contributed by atoms with van der Waals surface area (Å²) in [5, 5.41) is 0. The molecule has 1 saturated heterocycles. The average molecular weight is 235 g/mol. The van der Waals surface area contributed by atoms with E-state index in [1.54, 1.807) is 4.90 Å². The Kier molecular flexibility index (Phi) is 4.10. The van der Waals surface area contributed by atoms with Crippen LogP contribution in [0.3, 0.4) is 0 Å². The molecule has 0 bridgehead atoms. The van der Waals surface area contributed by atoms with Crippen molar-refractivity contribution in [3.05, 3.63) is 0 Å². The summed E-state index contributed by atoms with van der Waals surface area (Å²) in [6.07, 6.45) is 2.87. The summed E-state index contributed by atoms with van der Waals surface area (Å²) in [7, 11) is -3.36. The number of rotatable bonds is 3. The Morgan fingerprint density at radius 2 is 2.20 bits per heavy atom. The summed E-state index contributed by atoms with van der Waals surface area (Å²) in [5.74, 6) is 0.177. The van der Waals surface area contributed by atoms with Gasteiger partial charge in [-0.2, -0.15) is 8.42 Å². The number of amides is 1. The van der Waals surface area contributed by atoms with Crippen LogP contribution in [-0.2, 0) is 19.1 Å². The summed E-state index contributed by atoms with van der Waals surface area (Å²) in [5.41, 5.74) is 0. The van der Waals surface area contributed by atoms with Crippen molar-refractivity contribution >= 4 is 16.0 Å². The molecule has 0 aromatic heterocycles. The molecule has 1 fully saturated rings. The molecule has 88 valence electrons. The number of carbonyl (C=O) groups is 1. The van der Waals surface area contributed by atoms with E-state index in [4.69, 9.17) is 4.18 Å². The largest absolute Gasteiger partial charge is 0.343 e. The monoisotopic (exact) mass is 235 g/mol. The minimum atomic E-state index is -3.36. The lowest BCUT2D eigenvalue weighted by atomic mass is 9.99. The van der Waals surface area contributed by atoms with Crippen LogP contribution < -0.4 is 0 Å². The molecule has 1 aliphatic heterocycles. The number of likely N-dealkylation sites (tertiary alicyclic amines) is 1. The van der Waals surface area contributed by atoms with Gasteiger partial charge in [0, 0.05) is 25.9 Å².